The Labute approximate surface area is 297 Å². The number of nitrogens with zero attached hydrogens (tertiary/aromatic N) is 9. The van der Waals surface area contributed by atoms with Crippen molar-refractivity contribution in [3.05, 3.63) is 88.2 Å². The molecule has 0 fully saturated rings. The van der Waals surface area contributed by atoms with E-state index in [1.54, 1.807) is 64.1 Å². The van der Waals surface area contributed by atoms with Crippen molar-refractivity contribution in [3.8, 4) is 0 Å². The maximum Gasteiger partial charge on any atom is 0.257 e. The van der Waals surface area contributed by atoms with Crippen LogP contribution >= 0.6 is 0 Å². The highest BCUT2D eigenvalue weighted by Gasteiger charge is 2.16. The van der Waals surface area contributed by atoms with Gasteiger partial charge in [0.15, 0.2) is 0 Å². The van der Waals surface area contributed by atoms with E-state index in [0.29, 0.717) is 56.5 Å². The molecule has 2 aromatic carbocycles. The second kappa shape index (κ2) is 17.6. The highest BCUT2D eigenvalue weighted by Crippen LogP contribution is 2.21. The van der Waals surface area contributed by atoms with Gasteiger partial charge in [0, 0.05) is 46.0 Å². The molecule has 0 aliphatic heterocycles. The fraction of sp³-hybridized carbons (Fsp3) is 0.129. The number of benzene rings is 2. The van der Waals surface area contributed by atoms with Gasteiger partial charge < -0.3 is 56.5 Å². The highest BCUT2D eigenvalue weighted by atomic mass is 16.2. The Kier molecular flexibility index (Phi) is 13.1. The maximum absolute atomic E-state index is 13.5. The van der Waals surface area contributed by atoms with E-state index in [9.17, 15) is 9.59 Å². The van der Waals surface area contributed by atoms with E-state index in [1.165, 1.54) is 18.5 Å². The summed E-state index contributed by atoms with van der Waals surface area (Å²) in [5.74, 6) is -2.11. The minimum atomic E-state index is -0.578. The Morgan fingerprint density at radius 1 is 0.423 bits per heavy atom. The van der Waals surface area contributed by atoms with Gasteiger partial charge in [-0.2, -0.15) is 20.4 Å². The van der Waals surface area contributed by atoms with Crippen molar-refractivity contribution in [2.75, 3.05) is 10.6 Å². The standard InChI is InChI=1S/C31H39N19O2/c1-14(43-47-28(32)33)18-5-19(15(2)44-48-29(34)35)9-24(8-18)41-26(51)22-7-23(13-40-12-22)27(52)42-25-10-20(16(3)45-49-30(36)37)6-21(11-25)17(4)46-50-31(38)39/h5-13H,1-4H3,(H,41,51)(H,42,52)(H4,32,33,47)(H4,34,35,48)(H4,36,37,49)(H4,38,39,50)/b43-14+,44-15+,45-16+,46-17+. The largest absolute Gasteiger partial charge is 0.369 e. The molecule has 0 saturated heterocycles. The fourth-order valence-corrected chi connectivity index (χ4v) is 4.09. The van der Waals surface area contributed by atoms with Crippen molar-refractivity contribution >= 4 is 69.9 Å². The van der Waals surface area contributed by atoms with Crippen molar-refractivity contribution in [1.29, 1.82) is 0 Å². The number of nitrogens with one attached hydrogen (secondary N) is 2. The van der Waals surface area contributed by atoms with Crippen LogP contribution in [0.4, 0.5) is 11.4 Å². The minimum Gasteiger partial charge on any atom is -0.369 e. The van der Waals surface area contributed by atoms with Crippen LogP contribution in [0, 0.1) is 0 Å². The van der Waals surface area contributed by atoms with Crippen molar-refractivity contribution in [3.63, 3.8) is 0 Å². The van der Waals surface area contributed by atoms with Crippen molar-refractivity contribution < 1.29 is 9.59 Å². The van der Waals surface area contributed by atoms with Crippen LogP contribution in [0.15, 0.2) is 95.7 Å². The molecule has 0 saturated carbocycles. The molecule has 0 aliphatic rings. The number of hydrogen-bond acceptors (Lipinski definition) is 11. The molecule has 2 amide bonds. The number of rotatable bonds is 12. The second-order valence-corrected chi connectivity index (χ2v) is 10.8. The number of carbonyl (C=O) groups is 2. The summed E-state index contributed by atoms with van der Waals surface area (Å²) in [6, 6.07) is 11.4. The number of aromatic nitrogens is 1. The van der Waals surface area contributed by atoms with E-state index < -0.39 is 11.8 Å². The van der Waals surface area contributed by atoms with Gasteiger partial charge in [-0.05, 0) is 70.2 Å². The van der Waals surface area contributed by atoms with E-state index >= 15 is 0 Å². The molecule has 1 heterocycles. The van der Waals surface area contributed by atoms with E-state index in [1.807, 2.05) is 0 Å². The zero-order valence-corrected chi connectivity index (χ0v) is 28.7. The minimum absolute atomic E-state index is 0.0752. The molecule has 0 radical (unpaired) electrons. The number of carbonyl (C=O) groups excluding carboxylic acids is 2. The molecule has 3 aromatic rings. The molecular weight excluding hydrogens is 670 g/mol. The summed E-state index contributed by atoms with van der Waals surface area (Å²) in [6.07, 6.45) is 2.61. The summed E-state index contributed by atoms with van der Waals surface area (Å²) in [7, 11) is 0. The van der Waals surface area contributed by atoms with Crippen molar-refractivity contribution in [2.45, 2.75) is 27.7 Å². The summed E-state index contributed by atoms with van der Waals surface area (Å²) in [4.78, 5) is 31.0. The second-order valence-electron chi connectivity index (χ2n) is 10.8. The summed E-state index contributed by atoms with van der Waals surface area (Å²) in [5, 5.41) is 36.4. The topological polar surface area (TPSA) is 378 Å². The molecule has 0 bridgehead atoms. The first-order chi connectivity index (χ1) is 24.5. The maximum atomic E-state index is 13.5. The first-order valence-electron chi connectivity index (χ1n) is 14.9. The van der Waals surface area contributed by atoms with Crippen LogP contribution in [0.5, 0.6) is 0 Å². The summed E-state index contributed by atoms with van der Waals surface area (Å²) < 4.78 is 0. The van der Waals surface area contributed by atoms with Gasteiger partial charge in [-0.1, -0.05) is 0 Å². The van der Waals surface area contributed by atoms with Crippen LogP contribution in [-0.4, -0.2) is 63.5 Å². The lowest BCUT2D eigenvalue weighted by molar-refractivity contribution is 0.102. The third-order valence-corrected chi connectivity index (χ3v) is 6.58. The van der Waals surface area contributed by atoms with Gasteiger partial charge in [0.2, 0.25) is 23.8 Å². The molecule has 18 N–H and O–H groups in total. The van der Waals surface area contributed by atoms with Gasteiger partial charge in [0.05, 0.1) is 34.0 Å². The number of nitrogens with two attached hydrogens (primary N) is 8. The number of pyridine rings is 1. The molecule has 0 aliphatic carbocycles. The fourth-order valence-electron chi connectivity index (χ4n) is 4.09. The first kappa shape index (κ1) is 38.7. The Balaban J connectivity index is 1.98. The Morgan fingerprint density at radius 3 is 0.923 bits per heavy atom. The monoisotopic (exact) mass is 709 g/mol. The van der Waals surface area contributed by atoms with Crippen LogP contribution < -0.4 is 56.5 Å². The third-order valence-electron chi connectivity index (χ3n) is 6.58. The predicted molar refractivity (Wildman–Crippen MR) is 205 cm³/mol. The Hall–Kier alpha value is -7.71. The van der Waals surface area contributed by atoms with E-state index in [-0.39, 0.29) is 35.0 Å². The van der Waals surface area contributed by atoms with Gasteiger partial charge in [0.25, 0.3) is 11.8 Å². The van der Waals surface area contributed by atoms with Gasteiger partial charge in [-0.3, -0.25) is 14.6 Å². The number of guanidine groups is 4. The molecule has 270 valence electrons. The highest BCUT2D eigenvalue weighted by molar-refractivity contribution is 6.11. The lowest BCUT2D eigenvalue weighted by Gasteiger charge is -2.12. The molecule has 21 nitrogen and oxygen atoms in total. The lowest BCUT2D eigenvalue weighted by Crippen LogP contribution is -2.22. The van der Waals surface area contributed by atoms with Crippen LogP contribution in [0.3, 0.4) is 0 Å². The molecule has 52 heavy (non-hydrogen) atoms. The molecule has 21 heteroatoms. The Morgan fingerprint density at radius 2 is 0.673 bits per heavy atom. The summed E-state index contributed by atoms with van der Waals surface area (Å²) in [5.41, 5.74) is 48.0. The molecule has 1 aromatic heterocycles. The molecule has 3 rings (SSSR count). The molecule has 0 spiro atoms. The zero-order valence-electron chi connectivity index (χ0n) is 28.7. The van der Waals surface area contributed by atoms with Gasteiger partial charge >= 0.3 is 0 Å². The summed E-state index contributed by atoms with van der Waals surface area (Å²) in [6.45, 7) is 6.67. The smallest absolute Gasteiger partial charge is 0.257 e. The zero-order chi connectivity index (χ0) is 38.5. The van der Waals surface area contributed by atoms with E-state index in [4.69, 9.17) is 45.9 Å². The Bertz CT molecular complexity index is 1840. The normalized spacial score (nSPS) is 11.9. The van der Waals surface area contributed by atoms with Crippen LogP contribution in [0.25, 0.3) is 0 Å². The van der Waals surface area contributed by atoms with Crippen molar-refractivity contribution in [1.82, 2.24) is 4.98 Å². The predicted octanol–water partition coefficient (Wildman–Crippen LogP) is -0.424. The average Bonchev–Trinajstić information content (AvgIpc) is 3.10. The van der Waals surface area contributed by atoms with Crippen LogP contribution in [-0.2, 0) is 0 Å². The lowest BCUT2D eigenvalue weighted by atomic mass is 10.0. The third kappa shape index (κ3) is 11.8. The average molecular weight is 710 g/mol. The van der Waals surface area contributed by atoms with E-state index in [0.717, 1.165) is 0 Å². The molecule has 0 atom stereocenters. The number of amides is 2. The van der Waals surface area contributed by atoms with Gasteiger partial charge in [0.1, 0.15) is 0 Å². The number of anilines is 2. The summed E-state index contributed by atoms with van der Waals surface area (Å²) >= 11 is 0. The van der Waals surface area contributed by atoms with Gasteiger partial charge in [-0.25, -0.2) is 0 Å². The van der Waals surface area contributed by atoms with Crippen LogP contribution in [0.2, 0.25) is 0 Å². The van der Waals surface area contributed by atoms with Crippen molar-refractivity contribution in [2.24, 2.45) is 86.7 Å². The first-order valence-corrected chi connectivity index (χ1v) is 14.9. The van der Waals surface area contributed by atoms with E-state index in [2.05, 4.69) is 56.4 Å². The number of hydrogen-bond donors (Lipinski definition) is 10. The van der Waals surface area contributed by atoms with Gasteiger partial charge in [-0.15, -0.1) is 20.4 Å². The quantitative estimate of drug-likeness (QED) is 0.0653. The SMILES string of the molecule is C/C(=N\N=C(N)N)c1cc(NC(=O)c2cncc(C(=O)Nc3cc(/C(C)=N/N=C(N)N)cc(/C(C)=N/N=C(N)N)c3)c2)cc(/C(C)=N/N=C(N)N)c1. The van der Waals surface area contributed by atoms with Crippen LogP contribution in [0.1, 0.15) is 70.7 Å². The molecule has 0 unspecified atom stereocenters. The molecular formula is C31H39N19O2.